The summed E-state index contributed by atoms with van der Waals surface area (Å²) < 4.78 is 17.1. The Kier molecular flexibility index (Phi) is 8.59. The maximum Gasteiger partial charge on any atom is 0.0990 e. The first-order chi connectivity index (χ1) is 8.83. The molecule has 3 atom stereocenters. The molecular formula is C14H29NO3. The van der Waals surface area contributed by atoms with E-state index in [1.807, 2.05) is 7.05 Å². The fraction of sp³-hybridized carbons (Fsp3) is 1.00. The van der Waals surface area contributed by atoms with Crippen LogP contribution in [0.1, 0.15) is 39.5 Å². The summed E-state index contributed by atoms with van der Waals surface area (Å²) in [6, 6.07) is 0.447. The first-order valence-corrected chi connectivity index (χ1v) is 7.31. The summed E-state index contributed by atoms with van der Waals surface area (Å²) in [4.78, 5) is 0. The summed E-state index contributed by atoms with van der Waals surface area (Å²) in [7, 11) is 1.98. The molecule has 108 valence electrons. The minimum Gasteiger partial charge on any atom is -0.379 e. The first kappa shape index (κ1) is 15.9. The van der Waals surface area contributed by atoms with Crippen LogP contribution < -0.4 is 5.32 Å². The van der Waals surface area contributed by atoms with Crippen LogP contribution in [0, 0.1) is 0 Å². The van der Waals surface area contributed by atoms with Crippen molar-refractivity contribution in [1.82, 2.24) is 5.32 Å². The van der Waals surface area contributed by atoms with Gasteiger partial charge in [-0.25, -0.2) is 0 Å². The molecule has 0 amide bonds. The topological polar surface area (TPSA) is 39.7 Å². The molecule has 0 radical (unpaired) electrons. The highest BCUT2D eigenvalue weighted by molar-refractivity contribution is 4.96. The van der Waals surface area contributed by atoms with Crippen molar-refractivity contribution in [3.63, 3.8) is 0 Å². The number of nitrogens with one attached hydrogen (secondary N) is 1. The van der Waals surface area contributed by atoms with Gasteiger partial charge in [-0.2, -0.15) is 0 Å². The van der Waals surface area contributed by atoms with Crippen LogP contribution in [-0.4, -0.2) is 51.7 Å². The van der Waals surface area contributed by atoms with E-state index in [-0.39, 0.29) is 12.2 Å². The molecule has 1 aliphatic rings. The molecule has 0 saturated heterocycles. The highest BCUT2D eigenvalue weighted by Crippen LogP contribution is 2.27. The molecule has 1 rings (SSSR count). The number of rotatable bonds is 11. The van der Waals surface area contributed by atoms with Crippen molar-refractivity contribution in [3.8, 4) is 0 Å². The van der Waals surface area contributed by atoms with Gasteiger partial charge in [-0.1, -0.05) is 20.3 Å². The molecule has 1 fully saturated rings. The second kappa shape index (κ2) is 9.73. The van der Waals surface area contributed by atoms with Crippen molar-refractivity contribution in [2.24, 2.45) is 0 Å². The van der Waals surface area contributed by atoms with Gasteiger partial charge in [-0.05, 0) is 26.3 Å². The lowest BCUT2D eigenvalue weighted by molar-refractivity contribution is -0.151. The molecule has 18 heavy (non-hydrogen) atoms. The van der Waals surface area contributed by atoms with Gasteiger partial charge in [-0.3, -0.25) is 0 Å². The van der Waals surface area contributed by atoms with Crippen LogP contribution in [0.25, 0.3) is 0 Å². The van der Waals surface area contributed by atoms with Gasteiger partial charge in [0, 0.05) is 19.3 Å². The second-order valence-corrected chi connectivity index (χ2v) is 4.84. The summed E-state index contributed by atoms with van der Waals surface area (Å²) in [6.45, 7) is 7.33. The minimum atomic E-state index is 0.214. The van der Waals surface area contributed by atoms with Gasteiger partial charge in [-0.15, -0.1) is 0 Å². The molecule has 1 saturated carbocycles. The van der Waals surface area contributed by atoms with Gasteiger partial charge in [0.1, 0.15) is 0 Å². The SMILES string of the molecule is CCCCOCCOC1CC(NC)C1OCCC. The summed E-state index contributed by atoms with van der Waals surface area (Å²) in [5, 5.41) is 3.27. The highest BCUT2D eigenvalue weighted by Gasteiger charge is 2.41. The molecule has 0 heterocycles. The maximum absolute atomic E-state index is 5.81. The van der Waals surface area contributed by atoms with Crippen LogP contribution in [-0.2, 0) is 14.2 Å². The van der Waals surface area contributed by atoms with E-state index in [1.54, 1.807) is 0 Å². The Morgan fingerprint density at radius 3 is 2.50 bits per heavy atom. The standard InChI is InChI=1S/C14H29NO3/c1-4-6-8-16-9-10-17-13-11-12(15-3)14(13)18-7-5-2/h12-15H,4-11H2,1-3H3. The van der Waals surface area contributed by atoms with Crippen molar-refractivity contribution in [1.29, 1.82) is 0 Å². The number of likely N-dealkylation sites (N-methyl/N-ethyl adjacent to an activating group) is 1. The van der Waals surface area contributed by atoms with Gasteiger partial charge in [0.25, 0.3) is 0 Å². The van der Waals surface area contributed by atoms with E-state index in [0.717, 1.165) is 32.5 Å². The third kappa shape index (κ3) is 5.22. The highest BCUT2D eigenvalue weighted by atomic mass is 16.6. The van der Waals surface area contributed by atoms with E-state index in [1.165, 1.54) is 6.42 Å². The molecule has 3 unspecified atom stereocenters. The Hall–Kier alpha value is -0.160. The summed E-state index contributed by atoms with van der Waals surface area (Å²) >= 11 is 0. The molecule has 4 heteroatoms. The Balaban J connectivity index is 2.06. The number of unbranched alkanes of at least 4 members (excludes halogenated alkanes) is 1. The van der Waals surface area contributed by atoms with E-state index >= 15 is 0 Å². The van der Waals surface area contributed by atoms with Gasteiger partial charge >= 0.3 is 0 Å². The number of hydrogen-bond acceptors (Lipinski definition) is 4. The van der Waals surface area contributed by atoms with Crippen LogP contribution in [0.5, 0.6) is 0 Å². The lowest BCUT2D eigenvalue weighted by Gasteiger charge is -2.43. The summed E-state index contributed by atoms with van der Waals surface area (Å²) in [6.07, 6.45) is 4.86. The van der Waals surface area contributed by atoms with Gasteiger partial charge < -0.3 is 19.5 Å². The molecule has 0 aliphatic heterocycles. The van der Waals surface area contributed by atoms with Crippen molar-refractivity contribution in [2.75, 3.05) is 33.5 Å². The molecule has 0 aromatic carbocycles. The predicted molar refractivity (Wildman–Crippen MR) is 73.0 cm³/mol. The molecular weight excluding hydrogens is 230 g/mol. The first-order valence-electron chi connectivity index (χ1n) is 7.31. The number of ether oxygens (including phenoxy) is 3. The van der Waals surface area contributed by atoms with Gasteiger partial charge in [0.05, 0.1) is 25.4 Å². The molecule has 0 aromatic heterocycles. The molecule has 0 bridgehead atoms. The zero-order valence-corrected chi connectivity index (χ0v) is 12.1. The predicted octanol–water partition coefficient (Wildman–Crippen LogP) is 1.98. The van der Waals surface area contributed by atoms with Gasteiger partial charge in [0.15, 0.2) is 0 Å². The third-order valence-electron chi connectivity index (χ3n) is 3.34. The minimum absolute atomic E-state index is 0.214. The van der Waals surface area contributed by atoms with Gasteiger partial charge in [0.2, 0.25) is 0 Å². The van der Waals surface area contributed by atoms with Crippen molar-refractivity contribution in [3.05, 3.63) is 0 Å². The van der Waals surface area contributed by atoms with Crippen LogP contribution in [0.3, 0.4) is 0 Å². The molecule has 0 aromatic rings. The Morgan fingerprint density at radius 1 is 1.00 bits per heavy atom. The van der Waals surface area contributed by atoms with Crippen LogP contribution in [0.15, 0.2) is 0 Å². The quantitative estimate of drug-likeness (QED) is 0.576. The zero-order valence-electron chi connectivity index (χ0n) is 12.1. The monoisotopic (exact) mass is 259 g/mol. The lowest BCUT2D eigenvalue weighted by Crippen LogP contribution is -2.59. The Morgan fingerprint density at radius 2 is 1.83 bits per heavy atom. The maximum atomic E-state index is 5.81. The van der Waals surface area contributed by atoms with E-state index in [2.05, 4.69) is 19.2 Å². The lowest BCUT2D eigenvalue weighted by atomic mass is 9.85. The molecule has 1 aliphatic carbocycles. The van der Waals surface area contributed by atoms with Crippen molar-refractivity contribution >= 4 is 0 Å². The number of hydrogen-bond donors (Lipinski definition) is 1. The third-order valence-corrected chi connectivity index (χ3v) is 3.34. The molecule has 1 N–H and O–H groups in total. The second-order valence-electron chi connectivity index (χ2n) is 4.84. The zero-order chi connectivity index (χ0) is 13.2. The van der Waals surface area contributed by atoms with E-state index in [4.69, 9.17) is 14.2 Å². The fourth-order valence-corrected chi connectivity index (χ4v) is 2.11. The van der Waals surface area contributed by atoms with Crippen LogP contribution in [0.2, 0.25) is 0 Å². The average molecular weight is 259 g/mol. The molecule has 4 nitrogen and oxygen atoms in total. The van der Waals surface area contributed by atoms with E-state index in [9.17, 15) is 0 Å². The molecule has 0 spiro atoms. The fourth-order valence-electron chi connectivity index (χ4n) is 2.11. The normalized spacial score (nSPS) is 27.2. The van der Waals surface area contributed by atoms with Crippen LogP contribution in [0.4, 0.5) is 0 Å². The summed E-state index contributed by atoms with van der Waals surface area (Å²) in [5.41, 5.74) is 0. The largest absolute Gasteiger partial charge is 0.379 e. The summed E-state index contributed by atoms with van der Waals surface area (Å²) in [5.74, 6) is 0. The average Bonchev–Trinajstić information content (AvgIpc) is 2.36. The van der Waals surface area contributed by atoms with E-state index < -0.39 is 0 Å². The Labute approximate surface area is 111 Å². The van der Waals surface area contributed by atoms with Crippen molar-refractivity contribution in [2.45, 2.75) is 57.8 Å². The van der Waals surface area contributed by atoms with Crippen LogP contribution >= 0.6 is 0 Å². The van der Waals surface area contributed by atoms with E-state index in [0.29, 0.717) is 19.3 Å². The smallest absolute Gasteiger partial charge is 0.0990 e. The van der Waals surface area contributed by atoms with Crippen molar-refractivity contribution < 1.29 is 14.2 Å². The Bertz CT molecular complexity index is 201.